The second-order valence-corrected chi connectivity index (χ2v) is 3.74. The third kappa shape index (κ3) is 2.82. The van der Waals surface area contributed by atoms with E-state index < -0.39 is 6.10 Å². The molecule has 14 heavy (non-hydrogen) atoms. The van der Waals surface area contributed by atoms with Crippen LogP contribution in [-0.2, 0) is 0 Å². The van der Waals surface area contributed by atoms with E-state index in [4.69, 9.17) is 5.11 Å². The summed E-state index contributed by atoms with van der Waals surface area (Å²) >= 11 is 0. The Kier molecular flexibility index (Phi) is 4.11. The molecule has 78 valence electrons. The quantitative estimate of drug-likeness (QED) is 0.770. The number of aryl methyl sites for hydroxylation is 2. The van der Waals surface area contributed by atoms with Gasteiger partial charge in [-0.1, -0.05) is 23.8 Å². The Morgan fingerprint density at radius 1 is 1.29 bits per heavy atom. The van der Waals surface area contributed by atoms with Gasteiger partial charge in [0.2, 0.25) is 0 Å². The second-order valence-electron chi connectivity index (χ2n) is 3.74. The van der Waals surface area contributed by atoms with Crippen LogP contribution in [0.2, 0.25) is 0 Å². The Morgan fingerprint density at radius 2 is 2.00 bits per heavy atom. The van der Waals surface area contributed by atoms with Gasteiger partial charge in [-0.2, -0.15) is 0 Å². The number of hydrogen-bond donors (Lipinski definition) is 2. The molecule has 1 atom stereocenters. The van der Waals surface area contributed by atoms with Crippen molar-refractivity contribution in [1.29, 1.82) is 0 Å². The van der Waals surface area contributed by atoms with Crippen molar-refractivity contribution < 1.29 is 10.2 Å². The van der Waals surface area contributed by atoms with Gasteiger partial charge >= 0.3 is 0 Å². The molecule has 0 spiro atoms. The maximum absolute atomic E-state index is 9.81. The monoisotopic (exact) mass is 194 g/mol. The van der Waals surface area contributed by atoms with E-state index in [0.29, 0.717) is 12.8 Å². The minimum atomic E-state index is -0.442. The first-order valence-corrected chi connectivity index (χ1v) is 5.01. The summed E-state index contributed by atoms with van der Waals surface area (Å²) in [6.07, 6.45) is 0.831. The maximum Gasteiger partial charge on any atom is 0.0793 e. The van der Waals surface area contributed by atoms with E-state index in [1.807, 2.05) is 26.0 Å². The fourth-order valence-electron chi connectivity index (χ4n) is 1.64. The number of hydrogen-bond acceptors (Lipinski definition) is 2. The van der Waals surface area contributed by atoms with Crippen LogP contribution in [0.25, 0.3) is 0 Å². The lowest BCUT2D eigenvalue weighted by Crippen LogP contribution is -2.01. The zero-order chi connectivity index (χ0) is 10.6. The van der Waals surface area contributed by atoms with E-state index in [2.05, 4.69) is 6.07 Å². The molecule has 0 radical (unpaired) electrons. The van der Waals surface area contributed by atoms with Crippen LogP contribution in [0.1, 0.15) is 35.6 Å². The molecule has 0 saturated heterocycles. The lowest BCUT2D eigenvalue weighted by atomic mass is 9.98. The van der Waals surface area contributed by atoms with Crippen LogP contribution in [-0.4, -0.2) is 16.8 Å². The van der Waals surface area contributed by atoms with Crippen molar-refractivity contribution in [3.63, 3.8) is 0 Å². The van der Waals surface area contributed by atoms with Gasteiger partial charge in [0, 0.05) is 6.61 Å². The van der Waals surface area contributed by atoms with E-state index in [-0.39, 0.29) is 6.61 Å². The molecule has 0 aliphatic heterocycles. The molecule has 2 N–H and O–H groups in total. The lowest BCUT2D eigenvalue weighted by molar-refractivity contribution is 0.151. The highest BCUT2D eigenvalue weighted by molar-refractivity contribution is 5.31. The average molecular weight is 194 g/mol. The largest absolute Gasteiger partial charge is 0.396 e. The van der Waals surface area contributed by atoms with Crippen LogP contribution in [0, 0.1) is 13.8 Å². The van der Waals surface area contributed by atoms with Crippen molar-refractivity contribution >= 4 is 0 Å². The minimum Gasteiger partial charge on any atom is -0.396 e. The molecule has 2 heteroatoms. The summed E-state index contributed by atoms with van der Waals surface area (Å²) in [7, 11) is 0. The number of aliphatic hydroxyl groups is 2. The van der Waals surface area contributed by atoms with Crippen LogP contribution < -0.4 is 0 Å². The van der Waals surface area contributed by atoms with Crippen LogP contribution in [0.3, 0.4) is 0 Å². The van der Waals surface area contributed by atoms with E-state index in [1.165, 1.54) is 5.56 Å². The first-order chi connectivity index (χ1) is 6.65. The van der Waals surface area contributed by atoms with E-state index >= 15 is 0 Å². The highest BCUT2D eigenvalue weighted by atomic mass is 16.3. The Labute approximate surface area is 85.2 Å². The Hall–Kier alpha value is -0.860. The van der Waals surface area contributed by atoms with Crippen molar-refractivity contribution in [3.05, 3.63) is 34.9 Å². The highest BCUT2D eigenvalue weighted by Gasteiger charge is 2.09. The second kappa shape index (κ2) is 5.13. The van der Waals surface area contributed by atoms with Gasteiger partial charge in [0.05, 0.1) is 6.10 Å². The Morgan fingerprint density at radius 3 is 2.57 bits per heavy atom. The first-order valence-electron chi connectivity index (χ1n) is 5.01. The van der Waals surface area contributed by atoms with Crippen LogP contribution >= 0.6 is 0 Å². The minimum absolute atomic E-state index is 0.141. The van der Waals surface area contributed by atoms with E-state index in [0.717, 1.165) is 11.1 Å². The van der Waals surface area contributed by atoms with Crippen LogP contribution in [0.15, 0.2) is 18.2 Å². The topological polar surface area (TPSA) is 40.5 Å². The maximum atomic E-state index is 9.81. The molecule has 0 saturated carbocycles. The summed E-state index contributed by atoms with van der Waals surface area (Å²) in [5.41, 5.74) is 3.31. The van der Waals surface area contributed by atoms with Crippen LogP contribution in [0.5, 0.6) is 0 Å². The van der Waals surface area contributed by atoms with Crippen LogP contribution in [0.4, 0.5) is 0 Å². The standard InChI is InChI=1S/C12H18O2/c1-9-5-6-11(10(2)8-9)12(14)4-3-7-13/h5-6,8,12-14H,3-4,7H2,1-2H3. The first kappa shape index (κ1) is 11.2. The number of rotatable bonds is 4. The summed E-state index contributed by atoms with van der Waals surface area (Å²) in [6, 6.07) is 6.04. The molecule has 0 heterocycles. The van der Waals surface area contributed by atoms with Crippen molar-refractivity contribution in [2.75, 3.05) is 6.61 Å². The van der Waals surface area contributed by atoms with Gasteiger partial charge in [-0.15, -0.1) is 0 Å². The van der Waals surface area contributed by atoms with Gasteiger partial charge in [-0.05, 0) is 37.8 Å². The zero-order valence-electron chi connectivity index (χ0n) is 8.83. The molecule has 0 bridgehead atoms. The molecule has 0 amide bonds. The predicted molar refractivity (Wildman–Crippen MR) is 57.2 cm³/mol. The lowest BCUT2D eigenvalue weighted by Gasteiger charge is -2.13. The van der Waals surface area contributed by atoms with Crippen molar-refractivity contribution in [3.8, 4) is 0 Å². The fourth-order valence-corrected chi connectivity index (χ4v) is 1.64. The summed E-state index contributed by atoms with van der Waals surface area (Å²) < 4.78 is 0. The molecule has 0 aliphatic carbocycles. The van der Waals surface area contributed by atoms with Gasteiger partial charge < -0.3 is 10.2 Å². The van der Waals surface area contributed by atoms with Gasteiger partial charge in [0.25, 0.3) is 0 Å². The predicted octanol–water partition coefficient (Wildman–Crippen LogP) is 2.11. The molecular weight excluding hydrogens is 176 g/mol. The summed E-state index contributed by atoms with van der Waals surface area (Å²) in [6.45, 7) is 4.18. The van der Waals surface area contributed by atoms with E-state index in [1.54, 1.807) is 0 Å². The fraction of sp³-hybridized carbons (Fsp3) is 0.500. The molecule has 1 aromatic rings. The summed E-state index contributed by atoms with van der Waals surface area (Å²) in [4.78, 5) is 0. The van der Waals surface area contributed by atoms with Gasteiger partial charge in [0.15, 0.2) is 0 Å². The molecule has 0 fully saturated rings. The smallest absolute Gasteiger partial charge is 0.0793 e. The van der Waals surface area contributed by atoms with Crippen molar-refractivity contribution in [1.82, 2.24) is 0 Å². The van der Waals surface area contributed by atoms with Crippen molar-refractivity contribution in [2.24, 2.45) is 0 Å². The Balaban J connectivity index is 2.74. The highest BCUT2D eigenvalue weighted by Crippen LogP contribution is 2.22. The molecule has 1 unspecified atom stereocenters. The SMILES string of the molecule is Cc1ccc(C(O)CCCO)c(C)c1. The third-order valence-electron chi connectivity index (χ3n) is 2.42. The summed E-state index contributed by atoms with van der Waals surface area (Å²) in [5, 5.41) is 18.5. The number of benzene rings is 1. The summed E-state index contributed by atoms with van der Waals surface area (Å²) in [5.74, 6) is 0. The normalized spacial score (nSPS) is 12.9. The van der Waals surface area contributed by atoms with Gasteiger partial charge in [-0.3, -0.25) is 0 Å². The molecule has 2 nitrogen and oxygen atoms in total. The molecule has 1 rings (SSSR count). The molecule has 0 aromatic heterocycles. The molecule has 1 aromatic carbocycles. The zero-order valence-corrected chi connectivity index (χ0v) is 8.83. The van der Waals surface area contributed by atoms with E-state index in [9.17, 15) is 5.11 Å². The average Bonchev–Trinajstić information content (AvgIpc) is 2.14. The molecule has 0 aliphatic rings. The number of aliphatic hydroxyl groups excluding tert-OH is 2. The van der Waals surface area contributed by atoms with Gasteiger partial charge in [-0.25, -0.2) is 0 Å². The third-order valence-corrected chi connectivity index (χ3v) is 2.42. The molecular formula is C12H18O2. The van der Waals surface area contributed by atoms with Crippen molar-refractivity contribution in [2.45, 2.75) is 32.8 Å². The Bertz CT molecular complexity index is 294. The van der Waals surface area contributed by atoms with Gasteiger partial charge in [0.1, 0.15) is 0 Å².